The lowest BCUT2D eigenvalue weighted by Crippen LogP contribution is -2.69. The van der Waals surface area contributed by atoms with E-state index in [4.69, 9.17) is 24.8 Å². The smallest absolute Gasteiger partial charge is 0.428 e. The van der Waals surface area contributed by atoms with Gasteiger partial charge in [-0.1, -0.05) is 5.16 Å². The predicted octanol–water partition coefficient (Wildman–Crippen LogP) is 0.812. The Morgan fingerprint density at radius 1 is 1.32 bits per heavy atom. The van der Waals surface area contributed by atoms with Gasteiger partial charge in [0.25, 0.3) is 11.8 Å². The number of fused-ring (bicyclic) bond motifs is 1. The van der Waals surface area contributed by atoms with E-state index in [1.165, 1.54) is 30.0 Å². The topological polar surface area (TPSA) is 172 Å². The minimum absolute atomic E-state index is 0.118. The third-order valence-electron chi connectivity index (χ3n) is 4.25. The van der Waals surface area contributed by atoms with Crippen molar-refractivity contribution in [3.05, 3.63) is 22.8 Å². The molecule has 13 nitrogen and oxygen atoms in total. The van der Waals surface area contributed by atoms with Gasteiger partial charge in [0.2, 0.25) is 6.79 Å². The summed E-state index contributed by atoms with van der Waals surface area (Å²) in [5.74, 6) is -1.60. The van der Waals surface area contributed by atoms with E-state index in [1.807, 2.05) is 0 Å². The number of nitrogens with one attached hydrogen (secondary N) is 1. The number of β-lactam (4-membered cyclic amide) rings is 1. The zero-order valence-corrected chi connectivity index (χ0v) is 20.4. The van der Waals surface area contributed by atoms with Gasteiger partial charge < -0.3 is 35.0 Å². The Hall–Kier alpha value is -3.33. The zero-order valence-electron chi connectivity index (χ0n) is 18.7. The number of nitrogen functional groups attached to an aromatic ring is 1. The first-order chi connectivity index (χ1) is 16.0. The second kappa shape index (κ2) is 10.3. The Morgan fingerprint density at radius 2 is 2.06 bits per heavy atom. The molecule has 3 rings (SSSR count). The number of carbonyl (C=O) groups excluding carboxylic acids is 4. The summed E-state index contributed by atoms with van der Waals surface area (Å²) < 4.78 is 14.6. The molecule has 3 heterocycles. The molecule has 2 atom stereocenters. The Morgan fingerprint density at radius 3 is 2.68 bits per heavy atom. The van der Waals surface area contributed by atoms with Crippen LogP contribution in [-0.2, 0) is 33.4 Å². The van der Waals surface area contributed by atoms with Crippen LogP contribution in [0.5, 0.6) is 0 Å². The Balaban J connectivity index is 1.54. The van der Waals surface area contributed by atoms with Crippen LogP contribution in [0.25, 0.3) is 0 Å². The van der Waals surface area contributed by atoms with Crippen LogP contribution in [0.4, 0.5) is 9.93 Å². The van der Waals surface area contributed by atoms with Gasteiger partial charge in [-0.05, 0) is 20.8 Å². The number of nitrogens with two attached hydrogens (primary N) is 1. The number of thiazole rings is 1. The molecule has 1 unspecified atom stereocenters. The average molecular weight is 514 g/mol. The maximum atomic E-state index is 12.7. The van der Waals surface area contributed by atoms with Crippen LogP contribution in [0.1, 0.15) is 26.5 Å². The second-order valence-electron chi connectivity index (χ2n) is 7.90. The van der Waals surface area contributed by atoms with Crippen molar-refractivity contribution in [2.75, 3.05) is 25.4 Å². The van der Waals surface area contributed by atoms with Crippen molar-refractivity contribution in [2.45, 2.75) is 37.8 Å². The summed E-state index contributed by atoms with van der Waals surface area (Å²) >= 11 is 2.39. The summed E-state index contributed by atoms with van der Waals surface area (Å²) in [5, 5.41) is 7.68. The highest BCUT2D eigenvalue weighted by Gasteiger charge is 2.50. The molecular weight excluding hydrogens is 490 g/mol. The number of ether oxygens (including phenoxy) is 3. The molecule has 15 heteroatoms. The average Bonchev–Trinajstić information content (AvgIpc) is 3.19. The lowest BCUT2D eigenvalue weighted by atomic mass is 10.1. The van der Waals surface area contributed by atoms with Crippen molar-refractivity contribution in [1.29, 1.82) is 0 Å². The fourth-order valence-corrected chi connectivity index (χ4v) is 4.62. The summed E-state index contributed by atoms with van der Waals surface area (Å²) in [6.45, 7) is 4.37. The standard InChI is InChI=1S/C19H23N5O8S2/c1-19(2,3)32-18(28)31-8-30-16(27)9-5-24-14(26)12(15(24)33-6-9)22-13(25)11(23-29-4)10-7-34-17(20)21-10/h5,7,12,15H,6,8H2,1-4H3,(H2,20,21)(H,22,25)/t12?,15-/m1/s1. The molecule has 1 saturated heterocycles. The number of anilines is 1. The highest BCUT2D eigenvalue weighted by atomic mass is 32.2. The number of esters is 1. The Kier molecular flexibility index (Phi) is 7.66. The van der Waals surface area contributed by atoms with E-state index in [2.05, 4.69) is 15.5 Å². The first-order valence-corrected chi connectivity index (χ1v) is 11.7. The van der Waals surface area contributed by atoms with Gasteiger partial charge in [0.15, 0.2) is 10.8 Å². The minimum atomic E-state index is -0.972. The number of oxime groups is 1. The quantitative estimate of drug-likeness (QED) is 0.174. The molecule has 0 radical (unpaired) electrons. The highest BCUT2D eigenvalue weighted by molar-refractivity contribution is 8.00. The number of hydrogen-bond acceptors (Lipinski definition) is 13. The summed E-state index contributed by atoms with van der Waals surface area (Å²) in [7, 11) is 1.28. The fraction of sp³-hybridized carbons (Fsp3) is 0.474. The van der Waals surface area contributed by atoms with Crippen LogP contribution in [0.3, 0.4) is 0 Å². The second-order valence-corrected chi connectivity index (χ2v) is 9.90. The normalized spacial score (nSPS) is 19.9. The van der Waals surface area contributed by atoms with Gasteiger partial charge in [0.1, 0.15) is 29.8 Å². The Labute approximate surface area is 202 Å². The molecule has 2 amide bonds. The fourth-order valence-electron chi connectivity index (χ4n) is 2.83. The van der Waals surface area contributed by atoms with Crippen molar-refractivity contribution >= 4 is 57.9 Å². The number of thioether (sulfide) groups is 1. The molecule has 1 aromatic heterocycles. The van der Waals surface area contributed by atoms with Crippen molar-refractivity contribution in [3.63, 3.8) is 0 Å². The van der Waals surface area contributed by atoms with Crippen molar-refractivity contribution < 1.29 is 38.2 Å². The zero-order chi connectivity index (χ0) is 25.0. The van der Waals surface area contributed by atoms with E-state index in [-0.39, 0.29) is 27.9 Å². The van der Waals surface area contributed by atoms with E-state index >= 15 is 0 Å². The largest absolute Gasteiger partial charge is 0.511 e. The third-order valence-corrected chi connectivity index (χ3v) is 6.24. The van der Waals surface area contributed by atoms with Gasteiger partial charge in [-0.25, -0.2) is 14.6 Å². The van der Waals surface area contributed by atoms with Crippen LogP contribution in [-0.4, -0.2) is 76.2 Å². The summed E-state index contributed by atoms with van der Waals surface area (Å²) in [5.41, 5.74) is 5.17. The lowest BCUT2D eigenvalue weighted by Gasteiger charge is -2.47. The number of hydrogen-bond donors (Lipinski definition) is 2. The molecule has 34 heavy (non-hydrogen) atoms. The monoisotopic (exact) mass is 513 g/mol. The molecule has 0 bridgehead atoms. The molecule has 1 aromatic rings. The van der Waals surface area contributed by atoms with E-state index < -0.39 is 47.7 Å². The minimum Gasteiger partial charge on any atom is -0.428 e. The third kappa shape index (κ3) is 5.96. The SMILES string of the molecule is CON=C(C(=O)NC1C(=O)N2C=C(C(=O)OCOC(=O)OC(C)(C)C)CS[C@H]12)c1csc(N)n1. The number of aromatic nitrogens is 1. The molecule has 1 fully saturated rings. The molecule has 3 N–H and O–H groups in total. The summed E-state index contributed by atoms with van der Waals surface area (Å²) in [6, 6.07) is -0.833. The summed E-state index contributed by atoms with van der Waals surface area (Å²) in [4.78, 5) is 59.0. The number of rotatable bonds is 7. The van der Waals surface area contributed by atoms with Crippen LogP contribution in [0, 0.1) is 0 Å². The first kappa shape index (κ1) is 25.3. The number of nitrogens with zero attached hydrogens (tertiary/aromatic N) is 3. The van der Waals surface area contributed by atoms with E-state index in [9.17, 15) is 19.2 Å². The van der Waals surface area contributed by atoms with E-state index in [0.29, 0.717) is 0 Å². The van der Waals surface area contributed by atoms with Crippen molar-refractivity contribution in [3.8, 4) is 0 Å². The molecule has 0 saturated carbocycles. The van der Waals surface area contributed by atoms with Gasteiger partial charge in [0.05, 0.1) is 5.57 Å². The summed E-state index contributed by atoms with van der Waals surface area (Å²) in [6.07, 6.45) is 0.383. The predicted molar refractivity (Wildman–Crippen MR) is 121 cm³/mol. The number of amides is 2. The maximum Gasteiger partial charge on any atom is 0.511 e. The van der Waals surface area contributed by atoms with Crippen LogP contribution >= 0.6 is 23.1 Å². The molecule has 0 aliphatic carbocycles. The van der Waals surface area contributed by atoms with Crippen LogP contribution in [0.15, 0.2) is 22.3 Å². The molecule has 2 aliphatic rings. The molecule has 184 valence electrons. The van der Waals surface area contributed by atoms with Gasteiger partial charge >= 0.3 is 12.1 Å². The molecule has 2 aliphatic heterocycles. The first-order valence-electron chi connectivity index (χ1n) is 9.81. The van der Waals surface area contributed by atoms with Gasteiger partial charge in [0, 0.05) is 17.3 Å². The van der Waals surface area contributed by atoms with Crippen LogP contribution in [0.2, 0.25) is 0 Å². The van der Waals surface area contributed by atoms with E-state index in [1.54, 1.807) is 26.2 Å². The highest BCUT2D eigenvalue weighted by Crippen LogP contribution is 2.36. The van der Waals surface area contributed by atoms with Crippen molar-refractivity contribution in [2.24, 2.45) is 5.16 Å². The molecule has 0 aromatic carbocycles. The lowest BCUT2D eigenvalue weighted by molar-refractivity contribution is -0.150. The molecule has 0 spiro atoms. The van der Waals surface area contributed by atoms with Gasteiger partial charge in [-0.2, -0.15) is 0 Å². The number of carbonyl (C=O) groups is 4. The van der Waals surface area contributed by atoms with Crippen LogP contribution < -0.4 is 11.1 Å². The molecular formula is C19H23N5O8S2. The van der Waals surface area contributed by atoms with Crippen molar-refractivity contribution in [1.82, 2.24) is 15.2 Å². The van der Waals surface area contributed by atoms with Gasteiger partial charge in [-0.15, -0.1) is 23.1 Å². The maximum absolute atomic E-state index is 12.7. The Bertz CT molecular complexity index is 1050. The van der Waals surface area contributed by atoms with E-state index in [0.717, 1.165) is 11.3 Å². The van der Waals surface area contributed by atoms with Gasteiger partial charge in [-0.3, -0.25) is 9.59 Å².